The van der Waals surface area contributed by atoms with E-state index in [4.69, 9.17) is 15.2 Å². The molecule has 0 aromatic heterocycles. The molecule has 2 amide bonds. The zero-order chi connectivity index (χ0) is 25.9. The Balaban J connectivity index is 1.46. The predicted octanol–water partition coefficient (Wildman–Crippen LogP) is 5.33. The van der Waals surface area contributed by atoms with Gasteiger partial charge in [0, 0.05) is 12.2 Å². The maximum atomic E-state index is 13.3. The number of carbonyl (C=O) groups excluding carboxylic acids is 2. The van der Waals surface area contributed by atoms with Gasteiger partial charge >= 0.3 is 6.09 Å². The van der Waals surface area contributed by atoms with Crippen molar-refractivity contribution in [3.8, 4) is 5.75 Å². The van der Waals surface area contributed by atoms with Crippen LogP contribution in [0.15, 0.2) is 109 Å². The lowest BCUT2D eigenvalue weighted by molar-refractivity contribution is -0.118. The molecular formula is C30H29N3O4. The topological polar surface area (TPSA) is 103 Å². The van der Waals surface area contributed by atoms with Gasteiger partial charge in [-0.3, -0.25) is 4.79 Å². The van der Waals surface area contributed by atoms with Gasteiger partial charge in [-0.1, -0.05) is 84.9 Å². The first-order valence-electron chi connectivity index (χ1n) is 11.9. The molecule has 4 aromatic carbocycles. The third-order valence-corrected chi connectivity index (χ3v) is 5.63. The Morgan fingerprint density at radius 2 is 1.35 bits per heavy atom. The van der Waals surface area contributed by atoms with Crippen molar-refractivity contribution in [1.29, 1.82) is 0 Å². The van der Waals surface area contributed by atoms with Crippen molar-refractivity contribution in [3.63, 3.8) is 0 Å². The summed E-state index contributed by atoms with van der Waals surface area (Å²) in [4.78, 5) is 25.9. The van der Waals surface area contributed by atoms with E-state index in [2.05, 4.69) is 10.6 Å². The Labute approximate surface area is 216 Å². The molecule has 0 saturated heterocycles. The fourth-order valence-corrected chi connectivity index (χ4v) is 3.67. The summed E-state index contributed by atoms with van der Waals surface area (Å²) in [6, 6.07) is 32.5. The summed E-state index contributed by atoms with van der Waals surface area (Å²) in [5, 5.41) is 5.55. The second kappa shape index (κ2) is 12.9. The van der Waals surface area contributed by atoms with Crippen LogP contribution in [0.4, 0.5) is 10.5 Å². The second-order valence-corrected chi connectivity index (χ2v) is 8.38. The number of nitrogens with one attached hydrogen (secondary N) is 2. The number of carbonyl (C=O) groups is 2. The summed E-state index contributed by atoms with van der Waals surface area (Å²) >= 11 is 0. The first-order valence-corrected chi connectivity index (χ1v) is 11.9. The van der Waals surface area contributed by atoms with Crippen LogP contribution < -0.4 is 21.1 Å². The van der Waals surface area contributed by atoms with Gasteiger partial charge in [-0.15, -0.1) is 0 Å². The molecule has 0 bridgehead atoms. The smallest absolute Gasteiger partial charge is 0.408 e. The first kappa shape index (κ1) is 25.5. The Kier molecular flexibility index (Phi) is 8.88. The summed E-state index contributed by atoms with van der Waals surface area (Å²) in [5.41, 5.74) is 9.66. The van der Waals surface area contributed by atoms with E-state index in [1.54, 1.807) is 36.4 Å². The van der Waals surface area contributed by atoms with Crippen molar-refractivity contribution in [3.05, 3.63) is 131 Å². The van der Waals surface area contributed by atoms with Crippen LogP contribution in [0, 0.1) is 0 Å². The molecule has 188 valence electrons. The minimum absolute atomic E-state index is 0.0891. The molecule has 0 radical (unpaired) electrons. The predicted molar refractivity (Wildman–Crippen MR) is 143 cm³/mol. The zero-order valence-corrected chi connectivity index (χ0v) is 20.3. The van der Waals surface area contributed by atoms with Crippen LogP contribution in [0.1, 0.15) is 28.3 Å². The fourth-order valence-electron chi connectivity index (χ4n) is 3.67. The minimum atomic E-state index is -0.993. The van der Waals surface area contributed by atoms with Crippen LogP contribution in [0.25, 0.3) is 0 Å². The number of anilines is 1. The lowest BCUT2D eigenvalue weighted by Gasteiger charge is -2.19. The number of rotatable bonds is 10. The SMILES string of the molecule is NCc1cccc(NC(=O)[C@H](NC(=O)OCc2ccccc2)c2ccc(OCc3ccccc3)cc2)c1. The normalized spacial score (nSPS) is 11.3. The van der Waals surface area contributed by atoms with E-state index in [0.717, 1.165) is 16.7 Å². The molecule has 0 heterocycles. The highest BCUT2D eigenvalue weighted by atomic mass is 16.5. The van der Waals surface area contributed by atoms with E-state index in [-0.39, 0.29) is 6.61 Å². The number of amides is 2. The van der Waals surface area contributed by atoms with Gasteiger partial charge in [-0.25, -0.2) is 4.79 Å². The van der Waals surface area contributed by atoms with Crippen LogP contribution in [0.3, 0.4) is 0 Å². The first-order chi connectivity index (χ1) is 18.1. The molecule has 0 aliphatic carbocycles. The van der Waals surface area contributed by atoms with Crippen molar-refractivity contribution < 1.29 is 19.1 Å². The summed E-state index contributed by atoms with van der Waals surface area (Å²) < 4.78 is 11.2. The van der Waals surface area contributed by atoms with Gasteiger partial charge in [-0.05, 0) is 46.5 Å². The molecule has 4 rings (SSSR count). The van der Waals surface area contributed by atoms with E-state index in [0.29, 0.717) is 30.2 Å². The van der Waals surface area contributed by atoms with Crippen molar-refractivity contribution in [1.82, 2.24) is 5.32 Å². The van der Waals surface area contributed by atoms with Crippen molar-refractivity contribution >= 4 is 17.7 Å². The second-order valence-electron chi connectivity index (χ2n) is 8.38. The largest absolute Gasteiger partial charge is 0.489 e. The van der Waals surface area contributed by atoms with Gasteiger partial charge in [0.1, 0.15) is 25.0 Å². The molecule has 0 aliphatic rings. The minimum Gasteiger partial charge on any atom is -0.489 e. The average molecular weight is 496 g/mol. The van der Waals surface area contributed by atoms with Crippen LogP contribution in [-0.4, -0.2) is 12.0 Å². The molecule has 0 spiro atoms. The van der Waals surface area contributed by atoms with Crippen molar-refractivity contribution in [2.45, 2.75) is 25.8 Å². The molecule has 4 aromatic rings. The highest BCUT2D eigenvalue weighted by Crippen LogP contribution is 2.21. The molecule has 0 aliphatic heterocycles. The lowest BCUT2D eigenvalue weighted by atomic mass is 10.1. The third kappa shape index (κ3) is 7.68. The Hall–Kier alpha value is -4.62. The third-order valence-electron chi connectivity index (χ3n) is 5.63. The number of alkyl carbamates (subject to hydrolysis) is 1. The van der Waals surface area contributed by atoms with Crippen LogP contribution in [0.2, 0.25) is 0 Å². The molecule has 7 heteroatoms. The van der Waals surface area contributed by atoms with Gasteiger partial charge in [0.15, 0.2) is 0 Å². The van der Waals surface area contributed by atoms with E-state index < -0.39 is 18.0 Å². The number of nitrogens with two attached hydrogens (primary N) is 1. The zero-order valence-electron chi connectivity index (χ0n) is 20.3. The summed E-state index contributed by atoms with van der Waals surface area (Å²) in [5.74, 6) is 0.234. The van der Waals surface area contributed by atoms with E-state index in [9.17, 15) is 9.59 Å². The van der Waals surface area contributed by atoms with E-state index >= 15 is 0 Å². The fraction of sp³-hybridized carbons (Fsp3) is 0.133. The number of hydrogen-bond donors (Lipinski definition) is 3. The van der Waals surface area contributed by atoms with Gasteiger partial charge < -0.3 is 25.8 Å². The number of ether oxygens (including phenoxy) is 2. The lowest BCUT2D eigenvalue weighted by Crippen LogP contribution is -2.37. The molecule has 0 saturated carbocycles. The monoisotopic (exact) mass is 495 g/mol. The molecule has 0 unspecified atom stereocenters. The van der Waals surface area contributed by atoms with Gasteiger partial charge in [0.25, 0.3) is 5.91 Å². The maximum Gasteiger partial charge on any atom is 0.408 e. The molecule has 7 nitrogen and oxygen atoms in total. The van der Waals surface area contributed by atoms with Gasteiger partial charge in [0.2, 0.25) is 0 Å². The molecular weight excluding hydrogens is 466 g/mol. The van der Waals surface area contributed by atoms with Crippen LogP contribution in [-0.2, 0) is 29.3 Å². The van der Waals surface area contributed by atoms with Crippen molar-refractivity contribution in [2.24, 2.45) is 5.73 Å². The average Bonchev–Trinajstić information content (AvgIpc) is 2.95. The summed E-state index contributed by atoms with van der Waals surface area (Å²) in [6.07, 6.45) is -0.705. The van der Waals surface area contributed by atoms with Gasteiger partial charge in [0.05, 0.1) is 0 Å². The van der Waals surface area contributed by atoms with E-state index in [1.807, 2.05) is 72.8 Å². The Morgan fingerprint density at radius 3 is 2.00 bits per heavy atom. The van der Waals surface area contributed by atoms with Crippen LogP contribution in [0.5, 0.6) is 5.75 Å². The highest BCUT2D eigenvalue weighted by Gasteiger charge is 2.24. The van der Waals surface area contributed by atoms with Gasteiger partial charge in [-0.2, -0.15) is 0 Å². The van der Waals surface area contributed by atoms with E-state index in [1.165, 1.54) is 0 Å². The number of benzene rings is 4. The van der Waals surface area contributed by atoms with Crippen LogP contribution >= 0.6 is 0 Å². The molecule has 1 atom stereocenters. The standard InChI is InChI=1S/C30H29N3O4/c31-19-24-12-7-13-26(18-24)32-29(34)28(33-30(35)37-21-23-10-5-2-6-11-23)25-14-16-27(17-15-25)36-20-22-8-3-1-4-9-22/h1-18,28H,19-21,31H2,(H,32,34)(H,33,35)/t28-/m1/s1. The molecule has 0 fully saturated rings. The quantitative estimate of drug-likeness (QED) is 0.276. The van der Waals surface area contributed by atoms with Crippen molar-refractivity contribution in [2.75, 3.05) is 5.32 Å². The summed E-state index contributed by atoms with van der Waals surface area (Å²) in [7, 11) is 0. The highest BCUT2D eigenvalue weighted by molar-refractivity contribution is 5.97. The summed E-state index contributed by atoms with van der Waals surface area (Å²) in [6.45, 7) is 0.860. The number of hydrogen-bond acceptors (Lipinski definition) is 5. The maximum absolute atomic E-state index is 13.3. The molecule has 4 N–H and O–H groups in total. The molecule has 37 heavy (non-hydrogen) atoms. The Morgan fingerprint density at radius 1 is 0.730 bits per heavy atom. The Bertz CT molecular complexity index is 1300.